The van der Waals surface area contributed by atoms with Crippen LogP contribution < -0.4 is 5.32 Å². The first-order valence-electron chi connectivity index (χ1n) is 3.70. The standard InChI is InChI=1S/C7H14ClN/c1-2-7-5-6(8)3-4-9-7/h6-7,9H,2-5H2,1H3. The molecule has 2 heteroatoms. The molecule has 1 fully saturated rings. The van der Waals surface area contributed by atoms with Gasteiger partial charge in [0.1, 0.15) is 0 Å². The lowest BCUT2D eigenvalue weighted by atomic mass is 10.0. The van der Waals surface area contributed by atoms with Gasteiger partial charge in [0.25, 0.3) is 0 Å². The Balaban J connectivity index is 2.23. The van der Waals surface area contributed by atoms with Gasteiger partial charge in [-0.15, -0.1) is 11.6 Å². The zero-order valence-electron chi connectivity index (χ0n) is 5.86. The summed E-state index contributed by atoms with van der Waals surface area (Å²) in [6.07, 6.45) is 3.50. The lowest BCUT2D eigenvalue weighted by Gasteiger charge is -2.25. The molecule has 0 saturated carbocycles. The third-order valence-corrected chi connectivity index (χ3v) is 2.32. The van der Waals surface area contributed by atoms with Crippen LogP contribution in [0, 0.1) is 0 Å². The summed E-state index contributed by atoms with van der Waals surface area (Å²) in [4.78, 5) is 0. The average Bonchev–Trinajstić information content (AvgIpc) is 1.88. The minimum atomic E-state index is 0.427. The van der Waals surface area contributed by atoms with Crippen molar-refractivity contribution in [2.75, 3.05) is 6.54 Å². The minimum absolute atomic E-state index is 0.427. The molecule has 9 heavy (non-hydrogen) atoms. The lowest BCUT2D eigenvalue weighted by Crippen LogP contribution is -2.37. The summed E-state index contributed by atoms with van der Waals surface area (Å²) in [5.74, 6) is 0. The summed E-state index contributed by atoms with van der Waals surface area (Å²) in [5.41, 5.74) is 0. The molecule has 54 valence electrons. The van der Waals surface area contributed by atoms with Crippen molar-refractivity contribution in [3.05, 3.63) is 0 Å². The van der Waals surface area contributed by atoms with Crippen LogP contribution in [0.3, 0.4) is 0 Å². The number of halogens is 1. The highest BCUT2D eigenvalue weighted by Gasteiger charge is 2.16. The molecule has 1 aliphatic rings. The molecule has 1 saturated heterocycles. The molecule has 0 radical (unpaired) electrons. The molecule has 1 N–H and O–H groups in total. The van der Waals surface area contributed by atoms with Crippen molar-refractivity contribution in [1.82, 2.24) is 5.32 Å². The van der Waals surface area contributed by atoms with Gasteiger partial charge in [-0.2, -0.15) is 0 Å². The fourth-order valence-electron chi connectivity index (χ4n) is 1.26. The summed E-state index contributed by atoms with van der Waals surface area (Å²) in [7, 11) is 0. The number of hydrogen-bond donors (Lipinski definition) is 1. The molecule has 0 amide bonds. The highest BCUT2D eigenvalue weighted by Crippen LogP contribution is 2.15. The van der Waals surface area contributed by atoms with Crippen LogP contribution in [0.15, 0.2) is 0 Å². The van der Waals surface area contributed by atoms with Gasteiger partial charge in [-0.1, -0.05) is 6.92 Å². The maximum absolute atomic E-state index is 5.95. The van der Waals surface area contributed by atoms with Gasteiger partial charge in [-0.05, 0) is 25.8 Å². The van der Waals surface area contributed by atoms with Crippen LogP contribution in [0.5, 0.6) is 0 Å². The van der Waals surface area contributed by atoms with E-state index in [-0.39, 0.29) is 0 Å². The first-order chi connectivity index (χ1) is 4.33. The van der Waals surface area contributed by atoms with E-state index in [1.807, 2.05) is 0 Å². The Kier molecular flexibility index (Phi) is 2.80. The molecule has 0 aromatic heterocycles. The van der Waals surface area contributed by atoms with Crippen molar-refractivity contribution in [2.45, 2.75) is 37.6 Å². The van der Waals surface area contributed by atoms with Crippen molar-refractivity contribution in [2.24, 2.45) is 0 Å². The Morgan fingerprint density at radius 1 is 1.67 bits per heavy atom. The molecule has 1 nitrogen and oxygen atoms in total. The zero-order valence-corrected chi connectivity index (χ0v) is 6.62. The molecule has 0 spiro atoms. The van der Waals surface area contributed by atoms with Crippen molar-refractivity contribution < 1.29 is 0 Å². The molecular weight excluding hydrogens is 134 g/mol. The number of hydrogen-bond acceptors (Lipinski definition) is 1. The number of nitrogens with one attached hydrogen (secondary N) is 1. The minimum Gasteiger partial charge on any atom is -0.314 e. The van der Waals surface area contributed by atoms with Crippen molar-refractivity contribution in [3.63, 3.8) is 0 Å². The normalized spacial score (nSPS) is 36.7. The summed E-state index contributed by atoms with van der Waals surface area (Å²) >= 11 is 5.95. The Morgan fingerprint density at radius 2 is 2.44 bits per heavy atom. The summed E-state index contributed by atoms with van der Waals surface area (Å²) < 4.78 is 0. The largest absolute Gasteiger partial charge is 0.314 e. The third-order valence-electron chi connectivity index (χ3n) is 1.92. The highest BCUT2D eigenvalue weighted by molar-refractivity contribution is 6.20. The van der Waals surface area contributed by atoms with Gasteiger partial charge >= 0.3 is 0 Å². The van der Waals surface area contributed by atoms with Crippen molar-refractivity contribution in [1.29, 1.82) is 0 Å². The van der Waals surface area contributed by atoms with Crippen LogP contribution in [-0.4, -0.2) is 18.0 Å². The Hall–Kier alpha value is 0.250. The molecule has 1 aliphatic heterocycles. The van der Waals surface area contributed by atoms with Gasteiger partial charge < -0.3 is 5.32 Å². The second kappa shape index (κ2) is 3.43. The SMILES string of the molecule is CCC1CC(Cl)CCN1. The molecule has 1 rings (SSSR count). The molecular formula is C7H14ClN. The molecule has 0 aromatic rings. The second-order valence-electron chi connectivity index (χ2n) is 2.68. The molecule has 0 aliphatic carbocycles. The Morgan fingerprint density at radius 3 is 2.89 bits per heavy atom. The third kappa shape index (κ3) is 2.15. The average molecular weight is 148 g/mol. The van der Waals surface area contributed by atoms with E-state index in [0.29, 0.717) is 11.4 Å². The van der Waals surface area contributed by atoms with Gasteiger partial charge in [-0.25, -0.2) is 0 Å². The molecule has 1 heterocycles. The molecule has 2 unspecified atom stereocenters. The topological polar surface area (TPSA) is 12.0 Å². The Bertz CT molecular complexity index is 85.0. The quantitative estimate of drug-likeness (QED) is 0.558. The monoisotopic (exact) mass is 147 g/mol. The summed E-state index contributed by atoms with van der Waals surface area (Å²) in [6.45, 7) is 3.30. The first kappa shape index (κ1) is 7.36. The fourth-order valence-corrected chi connectivity index (χ4v) is 1.59. The van der Waals surface area contributed by atoms with Gasteiger partial charge in [0.2, 0.25) is 0 Å². The van der Waals surface area contributed by atoms with Crippen LogP contribution in [0.4, 0.5) is 0 Å². The van der Waals surface area contributed by atoms with E-state index in [1.165, 1.54) is 6.42 Å². The predicted octanol–water partition coefficient (Wildman–Crippen LogP) is 1.76. The van der Waals surface area contributed by atoms with E-state index < -0.39 is 0 Å². The van der Waals surface area contributed by atoms with Crippen molar-refractivity contribution in [3.8, 4) is 0 Å². The summed E-state index contributed by atoms with van der Waals surface area (Å²) in [5, 5.41) is 3.84. The summed E-state index contributed by atoms with van der Waals surface area (Å²) in [6, 6.07) is 0.682. The van der Waals surface area contributed by atoms with E-state index in [9.17, 15) is 0 Å². The van der Waals surface area contributed by atoms with Gasteiger partial charge in [0, 0.05) is 11.4 Å². The fraction of sp³-hybridized carbons (Fsp3) is 1.00. The van der Waals surface area contributed by atoms with E-state index in [2.05, 4.69) is 12.2 Å². The van der Waals surface area contributed by atoms with E-state index in [1.54, 1.807) is 0 Å². The van der Waals surface area contributed by atoms with Crippen LogP contribution in [0.2, 0.25) is 0 Å². The lowest BCUT2D eigenvalue weighted by molar-refractivity contribution is 0.397. The smallest absolute Gasteiger partial charge is 0.0362 e. The van der Waals surface area contributed by atoms with Crippen molar-refractivity contribution >= 4 is 11.6 Å². The zero-order chi connectivity index (χ0) is 6.69. The maximum Gasteiger partial charge on any atom is 0.0362 e. The molecule has 2 atom stereocenters. The van der Waals surface area contributed by atoms with Gasteiger partial charge in [0.15, 0.2) is 0 Å². The Labute approximate surface area is 61.8 Å². The number of alkyl halides is 1. The van der Waals surface area contributed by atoms with Crippen LogP contribution in [0.25, 0.3) is 0 Å². The van der Waals surface area contributed by atoms with Crippen LogP contribution >= 0.6 is 11.6 Å². The van der Waals surface area contributed by atoms with E-state index in [0.717, 1.165) is 19.4 Å². The van der Waals surface area contributed by atoms with Gasteiger partial charge in [0.05, 0.1) is 0 Å². The highest BCUT2D eigenvalue weighted by atomic mass is 35.5. The van der Waals surface area contributed by atoms with E-state index in [4.69, 9.17) is 11.6 Å². The van der Waals surface area contributed by atoms with E-state index >= 15 is 0 Å². The number of piperidine rings is 1. The van der Waals surface area contributed by atoms with Gasteiger partial charge in [-0.3, -0.25) is 0 Å². The van der Waals surface area contributed by atoms with Crippen LogP contribution in [-0.2, 0) is 0 Å². The second-order valence-corrected chi connectivity index (χ2v) is 3.30. The maximum atomic E-state index is 5.95. The molecule has 0 bridgehead atoms. The first-order valence-corrected chi connectivity index (χ1v) is 4.14. The predicted molar refractivity (Wildman–Crippen MR) is 41.0 cm³/mol. The number of rotatable bonds is 1. The molecule has 0 aromatic carbocycles. The van der Waals surface area contributed by atoms with Crippen LogP contribution in [0.1, 0.15) is 26.2 Å².